The lowest BCUT2D eigenvalue weighted by Gasteiger charge is -2.12. The van der Waals surface area contributed by atoms with Crippen LogP contribution in [0.15, 0.2) is 41.6 Å². The van der Waals surface area contributed by atoms with E-state index < -0.39 is 6.10 Å². The molecule has 0 radical (unpaired) electrons. The van der Waals surface area contributed by atoms with Gasteiger partial charge in [-0.25, -0.2) is 9.37 Å². The first kappa shape index (κ1) is 13.8. The van der Waals surface area contributed by atoms with Gasteiger partial charge in [0.05, 0.1) is 7.11 Å². The van der Waals surface area contributed by atoms with Crippen molar-refractivity contribution in [3.05, 3.63) is 48.2 Å². The number of halogens is 1. The maximum Gasteiger partial charge on any atom is 0.238 e. The highest BCUT2D eigenvalue weighted by Crippen LogP contribution is 2.27. The molecule has 2 rings (SSSR count). The van der Waals surface area contributed by atoms with Crippen LogP contribution >= 0.6 is 11.8 Å². The lowest BCUT2D eigenvalue weighted by atomic mass is 10.3. The molecule has 1 atom stereocenters. The summed E-state index contributed by atoms with van der Waals surface area (Å²) in [6.45, 7) is 0. The molecule has 1 aromatic heterocycles. The van der Waals surface area contributed by atoms with E-state index in [9.17, 15) is 9.50 Å². The second-order valence-electron chi connectivity index (χ2n) is 3.74. The summed E-state index contributed by atoms with van der Waals surface area (Å²) in [6, 6.07) is 6.22. The molecule has 0 saturated heterocycles. The molecule has 0 spiro atoms. The molecule has 4 nitrogen and oxygen atoms in total. The van der Waals surface area contributed by atoms with Gasteiger partial charge in [-0.2, -0.15) is 0 Å². The van der Waals surface area contributed by atoms with E-state index in [4.69, 9.17) is 4.74 Å². The van der Waals surface area contributed by atoms with Gasteiger partial charge in [-0.3, -0.25) is 4.98 Å². The number of rotatable bonds is 5. The zero-order valence-corrected chi connectivity index (χ0v) is 11.1. The number of aliphatic hydroxyl groups is 1. The highest BCUT2D eigenvalue weighted by atomic mass is 32.2. The van der Waals surface area contributed by atoms with Crippen molar-refractivity contribution in [1.29, 1.82) is 0 Å². The third-order valence-electron chi connectivity index (χ3n) is 2.40. The summed E-state index contributed by atoms with van der Waals surface area (Å²) in [6.07, 6.45) is 2.17. The first-order chi connectivity index (χ1) is 9.20. The van der Waals surface area contributed by atoms with E-state index in [-0.39, 0.29) is 5.82 Å². The lowest BCUT2D eigenvalue weighted by molar-refractivity contribution is 0.192. The number of hydrogen-bond donors (Lipinski definition) is 1. The third-order valence-corrected chi connectivity index (χ3v) is 3.47. The topological polar surface area (TPSA) is 55.2 Å². The summed E-state index contributed by atoms with van der Waals surface area (Å²) >= 11 is 1.34. The van der Waals surface area contributed by atoms with Gasteiger partial charge >= 0.3 is 0 Å². The molecule has 0 aliphatic rings. The Morgan fingerprint density at radius 1 is 1.37 bits per heavy atom. The first-order valence-corrected chi connectivity index (χ1v) is 6.60. The maximum atomic E-state index is 13.0. The average molecular weight is 280 g/mol. The molecule has 0 amide bonds. The number of nitrogens with zero attached hydrogens (tertiary/aromatic N) is 2. The number of hydrogen-bond acceptors (Lipinski definition) is 5. The molecule has 1 unspecified atom stereocenters. The van der Waals surface area contributed by atoms with E-state index in [1.54, 1.807) is 12.1 Å². The van der Waals surface area contributed by atoms with Crippen LogP contribution in [0.4, 0.5) is 4.39 Å². The molecule has 19 heavy (non-hydrogen) atoms. The maximum absolute atomic E-state index is 13.0. The van der Waals surface area contributed by atoms with Crippen molar-refractivity contribution in [2.24, 2.45) is 0 Å². The van der Waals surface area contributed by atoms with E-state index in [0.717, 1.165) is 4.90 Å². The van der Waals surface area contributed by atoms with Crippen LogP contribution in [0.1, 0.15) is 11.8 Å². The quantitative estimate of drug-likeness (QED) is 0.853. The molecule has 0 saturated carbocycles. The van der Waals surface area contributed by atoms with Crippen LogP contribution in [0.3, 0.4) is 0 Å². The summed E-state index contributed by atoms with van der Waals surface area (Å²) < 4.78 is 18.0. The summed E-state index contributed by atoms with van der Waals surface area (Å²) in [5.74, 6) is 0.352. The molecule has 1 N–H and O–H groups in total. The van der Waals surface area contributed by atoms with Crippen LogP contribution in [-0.4, -0.2) is 27.9 Å². The zero-order chi connectivity index (χ0) is 13.7. The minimum atomic E-state index is -0.822. The van der Waals surface area contributed by atoms with Crippen LogP contribution < -0.4 is 4.74 Å². The van der Waals surface area contributed by atoms with Crippen LogP contribution in [-0.2, 0) is 0 Å². The van der Waals surface area contributed by atoms with Gasteiger partial charge in [0.2, 0.25) is 5.88 Å². The second kappa shape index (κ2) is 6.49. The Kier molecular flexibility index (Phi) is 4.70. The van der Waals surface area contributed by atoms with Crippen LogP contribution in [0.2, 0.25) is 0 Å². The van der Waals surface area contributed by atoms with Crippen molar-refractivity contribution in [3.63, 3.8) is 0 Å². The molecule has 2 aromatic rings. The molecular formula is C13H13FN2O2S. The first-order valence-electron chi connectivity index (χ1n) is 5.62. The molecule has 0 aliphatic heterocycles. The van der Waals surface area contributed by atoms with Gasteiger partial charge in [0.15, 0.2) is 0 Å². The number of thioether (sulfide) groups is 1. The number of aliphatic hydroxyl groups excluding tert-OH is 1. The van der Waals surface area contributed by atoms with Crippen molar-refractivity contribution < 1.29 is 14.2 Å². The van der Waals surface area contributed by atoms with E-state index in [1.165, 1.54) is 43.4 Å². The predicted octanol–water partition coefficient (Wildman–Crippen LogP) is 2.45. The zero-order valence-electron chi connectivity index (χ0n) is 10.3. The Morgan fingerprint density at radius 2 is 2.16 bits per heavy atom. The minimum absolute atomic E-state index is 0.295. The number of methoxy groups -OCH3 is 1. The predicted molar refractivity (Wildman–Crippen MR) is 70.7 cm³/mol. The molecule has 0 bridgehead atoms. The fraction of sp³-hybridized carbons (Fsp3) is 0.231. The van der Waals surface area contributed by atoms with Gasteiger partial charge in [-0.1, -0.05) is 6.07 Å². The average Bonchev–Trinajstić information content (AvgIpc) is 2.45. The van der Waals surface area contributed by atoms with Crippen molar-refractivity contribution >= 4 is 11.8 Å². The fourth-order valence-corrected chi connectivity index (χ4v) is 2.41. The SMILES string of the molecule is COc1nccnc1C(O)CSc1cccc(F)c1. The Bertz CT molecular complexity index is 554. The summed E-state index contributed by atoms with van der Waals surface area (Å²) in [5, 5.41) is 10.1. The second-order valence-corrected chi connectivity index (χ2v) is 4.83. The minimum Gasteiger partial charge on any atom is -0.480 e. The fourth-order valence-electron chi connectivity index (χ4n) is 1.53. The Morgan fingerprint density at radius 3 is 2.89 bits per heavy atom. The third kappa shape index (κ3) is 3.65. The van der Waals surface area contributed by atoms with E-state index in [2.05, 4.69) is 9.97 Å². The van der Waals surface area contributed by atoms with Gasteiger partial charge in [-0.05, 0) is 18.2 Å². The molecule has 0 aliphatic carbocycles. The van der Waals surface area contributed by atoms with Gasteiger partial charge in [0.1, 0.15) is 17.6 Å². The summed E-state index contributed by atoms with van der Waals surface area (Å²) in [4.78, 5) is 8.78. The standard InChI is InChI=1S/C13H13FN2O2S/c1-18-13-12(15-5-6-16-13)11(17)8-19-10-4-2-3-9(14)7-10/h2-7,11,17H,8H2,1H3. The number of aromatic nitrogens is 2. The number of ether oxygens (including phenoxy) is 1. The molecule has 6 heteroatoms. The highest BCUT2D eigenvalue weighted by molar-refractivity contribution is 7.99. The van der Waals surface area contributed by atoms with E-state index in [0.29, 0.717) is 17.3 Å². The molecule has 1 aromatic carbocycles. The Balaban J connectivity index is 2.03. The van der Waals surface area contributed by atoms with Gasteiger partial charge in [0.25, 0.3) is 0 Å². The normalized spacial score (nSPS) is 12.2. The van der Waals surface area contributed by atoms with Gasteiger partial charge in [0, 0.05) is 23.0 Å². The van der Waals surface area contributed by atoms with Crippen molar-refractivity contribution in [3.8, 4) is 5.88 Å². The van der Waals surface area contributed by atoms with Gasteiger partial charge in [-0.15, -0.1) is 11.8 Å². The van der Waals surface area contributed by atoms with Crippen molar-refractivity contribution in [2.45, 2.75) is 11.0 Å². The molecule has 0 fully saturated rings. The van der Waals surface area contributed by atoms with Gasteiger partial charge < -0.3 is 9.84 Å². The largest absolute Gasteiger partial charge is 0.480 e. The van der Waals surface area contributed by atoms with Crippen LogP contribution in [0.5, 0.6) is 5.88 Å². The van der Waals surface area contributed by atoms with Crippen molar-refractivity contribution in [2.75, 3.05) is 12.9 Å². The molecular weight excluding hydrogens is 267 g/mol. The molecule has 100 valence electrons. The highest BCUT2D eigenvalue weighted by Gasteiger charge is 2.16. The Labute approximate surface area is 114 Å². The van der Waals surface area contributed by atoms with E-state index >= 15 is 0 Å². The van der Waals surface area contributed by atoms with E-state index in [1.807, 2.05) is 0 Å². The Hall–Kier alpha value is -1.66. The lowest BCUT2D eigenvalue weighted by Crippen LogP contribution is -2.07. The van der Waals surface area contributed by atoms with Crippen LogP contribution in [0.25, 0.3) is 0 Å². The smallest absolute Gasteiger partial charge is 0.238 e. The summed E-state index contributed by atoms with van der Waals surface area (Å²) in [5.41, 5.74) is 0.383. The van der Waals surface area contributed by atoms with Crippen molar-refractivity contribution in [1.82, 2.24) is 9.97 Å². The number of benzene rings is 1. The molecule has 1 heterocycles. The van der Waals surface area contributed by atoms with Crippen LogP contribution in [0, 0.1) is 5.82 Å². The summed E-state index contributed by atoms with van der Waals surface area (Å²) in [7, 11) is 1.47. The monoisotopic (exact) mass is 280 g/mol.